The maximum Gasteiger partial charge on any atom is 0.416 e. The molecule has 0 bridgehead atoms. The maximum absolute atomic E-state index is 12.9. The Morgan fingerprint density at radius 3 is 2.47 bits per heavy atom. The predicted octanol–water partition coefficient (Wildman–Crippen LogP) is 4.79. The van der Waals surface area contributed by atoms with Crippen molar-refractivity contribution in [2.45, 2.75) is 44.6 Å². The van der Waals surface area contributed by atoms with Gasteiger partial charge in [-0.2, -0.15) is 13.2 Å². The number of nitrogens with one attached hydrogen (secondary N) is 2. The number of aromatic nitrogens is 3. The van der Waals surface area contributed by atoms with Gasteiger partial charge in [0.2, 0.25) is 11.8 Å². The van der Waals surface area contributed by atoms with Crippen LogP contribution in [0.15, 0.2) is 53.7 Å². The second-order valence-electron chi connectivity index (χ2n) is 7.29. The molecule has 0 aliphatic carbocycles. The molecule has 0 spiro atoms. The molecular formula is C23H24F3N5O2S. The van der Waals surface area contributed by atoms with Gasteiger partial charge in [0.05, 0.1) is 17.7 Å². The van der Waals surface area contributed by atoms with Crippen molar-refractivity contribution in [3.05, 3.63) is 65.5 Å². The van der Waals surface area contributed by atoms with Crippen LogP contribution in [0.5, 0.6) is 0 Å². The standard InChI is InChI=1S/C23H24F3N5O2S/c1-3-15-8-5-6-11-18(15)28-21(33)14-34-22-30-29-19(31(22)4-2)13-20(32)27-17-10-7-9-16(12-17)23(24,25)26/h5-12H,3-4,13-14H2,1-2H3,(H,27,32)(H,28,33). The number of amides is 2. The van der Waals surface area contributed by atoms with Crippen LogP contribution in [0, 0.1) is 0 Å². The predicted molar refractivity (Wildman–Crippen MR) is 125 cm³/mol. The molecule has 0 aliphatic heterocycles. The van der Waals surface area contributed by atoms with Crippen molar-refractivity contribution in [1.29, 1.82) is 0 Å². The zero-order valence-electron chi connectivity index (χ0n) is 18.6. The van der Waals surface area contributed by atoms with Crippen molar-refractivity contribution < 1.29 is 22.8 Å². The number of benzene rings is 2. The Balaban J connectivity index is 1.60. The first-order valence-corrected chi connectivity index (χ1v) is 11.6. The topological polar surface area (TPSA) is 88.9 Å². The van der Waals surface area contributed by atoms with E-state index in [2.05, 4.69) is 20.8 Å². The van der Waals surface area contributed by atoms with Crippen LogP contribution < -0.4 is 10.6 Å². The molecule has 0 saturated carbocycles. The first kappa shape index (κ1) is 25.3. The van der Waals surface area contributed by atoms with Gasteiger partial charge in [0.25, 0.3) is 0 Å². The van der Waals surface area contributed by atoms with Gasteiger partial charge in [-0.25, -0.2) is 0 Å². The third-order valence-corrected chi connectivity index (χ3v) is 5.87. The van der Waals surface area contributed by atoms with Crippen LogP contribution in [0.25, 0.3) is 0 Å². The van der Waals surface area contributed by atoms with E-state index in [1.54, 1.807) is 4.57 Å². The summed E-state index contributed by atoms with van der Waals surface area (Å²) in [5.41, 5.74) is 0.993. The molecule has 3 rings (SSSR count). The lowest BCUT2D eigenvalue weighted by Crippen LogP contribution is -2.18. The number of rotatable bonds is 9. The molecule has 0 radical (unpaired) electrons. The van der Waals surface area contributed by atoms with Gasteiger partial charge in [0, 0.05) is 17.9 Å². The van der Waals surface area contributed by atoms with Crippen molar-refractivity contribution in [3.8, 4) is 0 Å². The van der Waals surface area contributed by atoms with E-state index in [0.29, 0.717) is 17.5 Å². The number of carbonyl (C=O) groups is 2. The van der Waals surface area contributed by atoms with Crippen LogP contribution in [0.2, 0.25) is 0 Å². The second-order valence-corrected chi connectivity index (χ2v) is 8.24. The molecule has 0 atom stereocenters. The average molecular weight is 492 g/mol. The number of hydrogen-bond donors (Lipinski definition) is 2. The molecular weight excluding hydrogens is 467 g/mol. The van der Waals surface area contributed by atoms with Gasteiger partial charge in [-0.1, -0.05) is 43.0 Å². The summed E-state index contributed by atoms with van der Waals surface area (Å²) in [6, 6.07) is 12.0. The fourth-order valence-electron chi connectivity index (χ4n) is 3.26. The molecule has 180 valence electrons. The molecule has 11 heteroatoms. The highest BCUT2D eigenvalue weighted by atomic mass is 32.2. The SMILES string of the molecule is CCc1ccccc1NC(=O)CSc1nnc(CC(=O)Nc2cccc(C(F)(F)F)c2)n1CC. The van der Waals surface area contributed by atoms with Gasteiger partial charge in [-0.3, -0.25) is 9.59 Å². The van der Waals surface area contributed by atoms with E-state index in [0.717, 1.165) is 29.8 Å². The molecule has 1 aromatic heterocycles. The number of carbonyl (C=O) groups excluding carboxylic acids is 2. The number of hydrogen-bond acceptors (Lipinski definition) is 5. The van der Waals surface area contributed by atoms with E-state index in [9.17, 15) is 22.8 Å². The fourth-order valence-corrected chi connectivity index (χ4v) is 4.08. The highest BCUT2D eigenvalue weighted by molar-refractivity contribution is 7.99. The lowest BCUT2D eigenvalue weighted by Gasteiger charge is -2.11. The molecule has 2 N–H and O–H groups in total. The van der Waals surface area contributed by atoms with E-state index in [4.69, 9.17) is 0 Å². The van der Waals surface area contributed by atoms with Crippen LogP contribution in [0.3, 0.4) is 0 Å². The number of alkyl halides is 3. The van der Waals surface area contributed by atoms with E-state index in [1.165, 1.54) is 23.9 Å². The van der Waals surface area contributed by atoms with E-state index in [-0.39, 0.29) is 23.8 Å². The molecule has 0 fully saturated rings. The second kappa shape index (κ2) is 11.2. The van der Waals surface area contributed by atoms with Gasteiger partial charge in [-0.15, -0.1) is 10.2 Å². The zero-order chi connectivity index (χ0) is 24.7. The van der Waals surface area contributed by atoms with Crippen LogP contribution in [-0.4, -0.2) is 32.3 Å². The van der Waals surface area contributed by atoms with Crippen LogP contribution in [0.1, 0.15) is 30.8 Å². The maximum atomic E-state index is 12.9. The largest absolute Gasteiger partial charge is 0.416 e. The highest BCUT2D eigenvalue weighted by Crippen LogP contribution is 2.30. The minimum atomic E-state index is -4.50. The van der Waals surface area contributed by atoms with Crippen molar-refractivity contribution in [1.82, 2.24) is 14.8 Å². The van der Waals surface area contributed by atoms with E-state index < -0.39 is 17.6 Å². The van der Waals surface area contributed by atoms with Gasteiger partial charge < -0.3 is 15.2 Å². The Labute approximate surface area is 199 Å². The molecule has 0 saturated heterocycles. The van der Waals surface area contributed by atoms with Crippen molar-refractivity contribution in [3.63, 3.8) is 0 Å². The van der Waals surface area contributed by atoms with Crippen LogP contribution in [0.4, 0.5) is 24.5 Å². The Bertz CT molecular complexity index is 1160. The summed E-state index contributed by atoms with van der Waals surface area (Å²) < 4.78 is 40.3. The van der Waals surface area contributed by atoms with Crippen molar-refractivity contribution >= 4 is 35.0 Å². The van der Waals surface area contributed by atoms with E-state index >= 15 is 0 Å². The zero-order valence-corrected chi connectivity index (χ0v) is 19.5. The summed E-state index contributed by atoms with van der Waals surface area (Å²) in [5.74, 6) is -0.259. The molecule has 2 aromatic carbocycles. The molecule has 2 amide bonds. The van der Waals surface area contributed by atoms with Gasteiger partial charge >= 0.3 is 6.18 Å². The highest BCUT2D eigenvalue weighted by Gasteiger charge is 2.30. The quantitative estimate of drug-likeness (QED) is 0.420. The molecule has 7 nitrogen and oxygen atoms in total. The number of anilines is 2. The summed E-state index contributed by atoms with van der Waals surface area (Å²) in [7, 11) is 0. The Kier molecular flexibility index (Phi) is 8.32. The number of nitrogens with zero attached hydrogens (tertiary/aromatic N) is 3. The van der Waals surface area contributed by atoms with Crippen LogP contribution >= 0.6 is 11.8 Å². The summed E-state index contributed by atoms with van der Waals surface area (Å²) in [6.45, 7) is 4.31. The molecule has 3 aromatic rings. The van der Waals surface area contributed by atoms with Gasteiger partial charge in [-0.05, 0) is 43.2 Å². The lowest BCUT2D eigenvalue weighted by atomic mass is 10.1. The average Bonchev–Trinajstić information content (AvgIpc) is 3.18. The first-order chi connectivity index (χ1) is 16.2. The number of thioether (sulfide) groups is 1. The Morgan fingerprint density at radius 2 is 1.76 bits per heavy atom. The summed E-state index contributed by atoms with van der Waals surface area (Å²) in [6.07, 6.45) is -3.88. The number of aryl methyl sites for hydroxylation is 1. The fraction of sp³-hybridized carbons (Fsp3) is 0.304. The Morgan fingerprint density at radius 1 is 1.00 bits per heavy atom. The number of halogens is 3. The molecule has 0 aliphatic rings. The minimum Gasteiger partial charge on any atom is -0.326 e. The monoisotopic (exact) mass is 491 g/mol. The van der Waals surface area contributed by atoms with Gasteiger partial charge in [0.1, 0.15) is 5.82 Å². The normalized spacial score (nSPS) is 11.3. The molecule has 34 heavy (non-hydrogen) atoms. The summed E-state index contributed by atoms with van der Waals surface area (Å²) in [4.78, 5) is 24.8. The summed E-state index contributed by atoms with van der Waals surface area (Å²) >= 11 is 1.19. The first-order valence-electron chi connectivity index (χ1n) is 10.6. The third kappa shape index (κ3) is 6.60. The smallest absolute Gasteiger partial charge is 0.326 e. The third-order valence-electron chi connectivity index (χ3n) is 4.91. The van der Waals surface area contributed by atoms with E-state index in [1.807, 2.05) is 38.1 Å². The summed E-state index contributed by atoms with van der Waals surface area (Å²) in [5, 5.41) is 13.9. The number of para-hydroxylation sites is 1. The molecule has 0 unspecified atom stereocenters. The van der Waals surface area contributed by atoms with Crippen molar-refractivity contribution in [2.24, 2.45) is 0 Å². The lowest BCUT2D eigenvalue weighted by molar-refractivity contribution is -0.137. The van der Waals surface area contributed by atoms with Crippen LogP contribution in [-0.2, 0) is 35.2 Å². The minimum absolute atomic E-state index is 0.0426. The molecule has 1 heterocycles. The Hall–Kier alpha value is -3.34. The van der Waals surface area contributed by atoms with Gasteiger partial charge in [0.15, 0.2) is 5.16 Å². The van der Waals surface area contributed by atoms with Crippen molar-refractivity contribution in [2.75, 3.05) is 16.4 Å².